The van der Waals surface area contributed by atoms with E-state index in [9.17, 15) is 14.7 Å². The number of aliphatic hydroxyl groups is 1. The van der Waals surface area contributed by atoms with Crippen LogP contribution in [-0.4, -0.2) is 28.1 Å². The summed E-state index contributed by atoms with van der Waals surface area (Å²) in [4.78, 5) is 23.8. The van der Waals surface area contributed by atoms with Gasteiger partial charge in [0.1, 0.15) is 0 Å². The van der Waals surface area contributed by atoms with Gasteiger partial charge in [0.25, 0.3) is 0 Å². The number of carbonyl (C=O) groups excluding carboxylic acids is 1. The summed E-state index contributed by atoms with van der Waals surface area (Å²) in [5.41, 5.74) is 3.34. The molecule has 0 aliphatic heterocycles. The van der Waals surface area contributed by atoms with Crippen molar-refractivity contribution in [2.24, 2.45) is 39.4 Å². The van der Waals surface area contributed by atoms with E-state index < -0.39 is 5.97 Å². The number of fused-ring (bicyclic) bond motifs is 5. The van der Waals surface area contributed by atoms with Crippen LogP contribution in [0.15, 0.2) is 34.9 Å². The van der Waals surface area contributed by atoms with Gasteiger partial charge in [-0.15, -0.1) is 0 Å². The first kappa shape index (κ1) is 25.4. The molecule has 2 saturated carbocycles. The van der Waals surface area contributed by atoms with E-state index in [2.05, 4.69) is 53.7 Å². The molecule has 4 nitrogen and oxygen atoms in total. The first-order valence-electron chi connectivity index (χ1n) is 13.2. The highest BCUT2D eigenvalue weighted by atomic mass is 16.4. The third kappa shape index (κ3) is 3.58. The highest BCUT2D eigenvalue weighted by Crippen LogP contribution is 2.70. The summed E-state index contributed by atoms with van der Waals surface area (Å²) < 4.78 is 0. The number of carboxylic acid groups (broad SMARTS) is 1. The number of carboxylic acids is 1. The molecular weight excluding hydrogens is 424 g/mol. The largest absolute Gasteiger partial charge is 0.478 e. The van der Waals surface area contributed by atoms with E-state index in [-0.39, 0.29) is 45.0 Å². The van der Waals surface area contributed by atoms with Gasteiger partial charge in [0.05, 0.1) is 6.10 Å². The molecule has 0 saturated heterocycles. The zero-order chi connectivity index (χ0) is 25.3. The quantitative estimate of drug-likeness (QED) is 0.357. The van der Waals surface area contributed by atoms with Crippen LogP contribution in [0.3, 0.4) is 0 Å². The Hall–Kier alpha value is -1.68. The highest BCUT2D eigenvalue weighted by molar-refractivity contribution is 5.98. The van der Waals surface area contributed by atoms with Crippen LogP contribution in [0.2, 0.25) is 0 Å². The maximum Gasteiger partial charge on any atom is 0.331 e. The summed E-state index contributed by atoms with van der Waals surface area (Å²) in [6, 6.07) is 0. The average Bonchev–Trinajstić information content (AvgIpc) is 3.03. The Bertz CT molecular complexity index is 984. The van der Waals surface area contributed by atoms with Crippen LogP contribution >= 0.6 is 0 Å². The second-order valence-electron chi connectivity index (χ2n) is 13.2. The van der Waals surface area contributed by atoms with Gasteiger partial charge in [-0.25, -0.2) is 4.79 Å². The smallest absolute Gasteiger partial charge is 0.331 e. The lowest BCUT2D eigenvalue weighted by Gasteiger charge is -2.61. The Morgan fingerprint density at radius 3 is 2.41 bits per heavy atom. The zero-order valence-corrected chi connectivity index (χ0v) is 22.2. The van der Waals surface area contributed by atoms with Crippen molar-refractivity contribution in [2.75, 3.05) is 0 Å². The van der Waals surface area contributed by atoms with Gasteiger partial charge in [-0.05, 0) is 85.5 Å². The first-order chi connectivity index (χ1) is 15.7. The van der Waals surface area contributed by atoms with Crippen LogP contribution in [0, 0.1) is 39.4 Å². The molecular formula is C30H44O4. The molecule has 0 bridgehead atoms. The average molecular weight is 469 g/mol. The maximum atomic E-state index is 12.6. The van der Waals surface area contributed by atoms with Gasteiger partial charge in [-0.1, -0.05) is 64.8 Å². The molecule has 0 aromatic heterocycles. The molecule has 1 unspecified atom stereocenters. The molecule has 2 fully saturated rings. The molecule has 4 aliphatic carbocycles. The Morgan fingerprint density at radius 1 is 1.09 bits per heavy atom. The van der Waals surface area contributed by atoms with Crippen molar-refractivity contribution >= 4 is 11.8 Å². The molecule has 2 N–H and O–H groups in total. The number of aliphatic hydroxyl groups excluding tert-OH is 1. The fourth-order valence-corrected chi connectivity index (χ4v) is 8.62. The molecule has 188 valence electrons. The van der Waals surface area contributed by atoms with Crippen LogP contribution in [-0.2, 0) is 9.59 Å². The number of rotatable bonds is 5. The number of hydrogen-bond donors (Lipinski definition) is 2. The van der Waals surface area contributed by atoms with E-state index in [1.165, 1.54) is 18.6 Å². The van der Waals surface area contributed by atoms with Crippen LogP contribution in [0.25, 0.3) is 0 Å². The Labute approximate surface area is 205 Å². The molecule has 0 aromatic carbocycles. The fourth-order valence-electron chi connectivity index (χ4n) is 8.62. The minimum Gasteiger partial charge on any atom is -0.478 e. The number of aliphatic carboxylic acids is 1. The topological polar surface area (TPSA) is 74.6 Å². The number of carbonyl (C=O) groups is 2. The summed E-state index contributed by atoms with van der Waals surface area (Å²) in [5, 5.41) is 19.9. The second-order valence-corrected chi connectivity index (χ2v) is 13.2. The van der Waals surface area contributed by atoms with Crippen LogP contribution in [0.4, 0.5) is 0 Å². The second kappa shape index (κ2) is 8.18. The summed E-state index contributed by atoms with van der Waals surface area (Å²) in [6.07, 6.45) is 12.7. The molecule has 0 radical (unpaired) electrons. The van der Waals surface area contributed by atoms with Gasteiger partial charge in [0, 0.05) is 17.4 Å². The number of allylic oxidation sites excluding steroid dienone is 5. The molecule has 0 spiro atoms. The van der Waals surface area contributed by atoms with E-state index in [4.69, 9.17) is 5.11 Å². The van der Waals surface area contributed by atoms with Gasteiger partial charge >= 0.3 is 5.97 Å². The van der Waals surface area contributed by atoms with E-state index >= 15 is 0 Å². The minimum absolute atomic E-state index is 0.0377. The molecule has 4 heteroatoms. The Balaban J connectivity index is 1.63. The maximum absolute atomic E-state index is 12.6. The van der Waals surface area contributed by atoms with Gasteiger partial charge in [0.2, 0.25) is 0 Å². The van der Waals surface area contributed by atoms with Crippen molar-refractivity contribution < 1.29 is 19.8 Å². The van der Waals surface area contributed by atoms with Crippen molar-refractivity contribution in [1.29, 1.82) is 0 Å². The van der Waals surface area contributed by atoms with Crippen LogP contribution in [0.1, 0.15) is 93.4 Å². The predicted octanol–water partition coefficient (Wildman–Crippen LogP) is 6.50. The van der Waals surface area contributed by atoms with Crippen molar-refractivity contribution in [2.45, 2.75) is 99.5 Å². The third-order valence-electron chi connectivity index (χ3n) is 11.1. The number of ketones is 1. The van der Waals surface area contributed by atoms with E-state index in [0.29, 0.717) is 18.3 Å². The zero-order valence-electron chi connectivity index (χ0n) is 22.2. The van der Waals surface area contributed by atoms with Gasteiger partial charge in [-0.2, -0.15) is 0 Å². The SMILES string of the molecule is C/C(=C/C(=O)C[C@@H](C)[C@]1(C)CC[C@@]2(C)C3=CCC4C(C)(C)[C@H](O)CC[C@]4(C)[C@@H]3CC=C21)C(=O)O. The summed E-state index contributed by atoms with van der Waals surface area (Å²) in [6.45, 7) is 15.4. The van der Waals surface area contributed by atoms with Gasteiger partial charge in [-0.3, -0.25) is 4.79 Å². The van der Waals surface area contributed by atoms with E-state index in [1.54, 1.807) is 5.57 Å². The van der Waals surface area contributed by atoms with Crippen molar-refractivity contribution in [3.63, 3.8) is 0 Å². The van der Waals surface area contributed by atoms with Crippen molar-refractivity contribution in [3.8, 4) is 0 Å². The van der Waals surface area contributed by atoms with E-state index in [0.717, 1.165) is 38.5 Å². The van der Waals surface area contributed by atoms with E-state index in [1.807, 2.05) is 0 Å². The van der Waals surface area contributed by atoms with Crippen LogP contribution in [0.5, 0.6) is 0 Å². The van der Waals surface area contributed by atoms with Gasteiger partial charge in [0.15, 0.2) is 5.78 Å². The monoisotopic (exact) mass is 468 g/mol. The standard InChI is InChI=1S/C30H44O4/c1-18(26(33)34)16-20(31)17-19(2)28(5)14-15-30(7)22-8-10-23-27(3,4)25(32)12-13-29(23,6)21(22)9-11-24(28)30/h8,11,16,19,21,23,25,32H,9-10,12-15,17H2,1-7H3,(H,33,34)/b18-16-/t19-,21-,23?,25-,28+,29-,30+/m1/s1. The molecule has 4 rings (SSSR count). The predicted molar refractivity (Wildman–Crippen MR) is 135 cm³/mol. The summed E-state index contributed by atoms with van der Waals surface area (Å²) in [5.74, 6) is 0.0403. The molecule has 7 atom stereocenters. The highest BCUT2D eigenvalue weighted by Gasteiger charge is 2.61. The molecule has 0 amide bonds. The fraction of sp³-hybridized carbons (Fsp3) is 0.733. The minimum atomic E-state index is -1.03. The van der Waals surface area contributed by atoms with Gasteiger partial charge < -0.3 is 10.2 Å². The first-order valence-corrected chi connectivity index (χ1v) is 13.2. The lowest BCUT2D eigenvalue weighted by atomic mass is 9.44. The van der Waals surface area contributed by atoms with Crippen molar-refractivity contribution in [3.05, 3.63) is 34.9 Å². The molecule has 34 heavy (non-hydrogen) atoms. The molecule has 0 heterocycles. The number of hydrogen-bond acceptors (Lipinski definition) is 3. The lowest BCUT2D eigenvalue weighted by molar-refractivity contribution is -0.133. The normalized spacial score (nSPS) is 42.0. The third-order valence-corrected chi connectivity index (χ3v) is 11.1. The lowest BCUT2D eigenvalue weighted by Crippen LogP contribution is -2.55. The Kier molecular flexibility index (Phi) is 6.12. The summed E-state index contributed by atoms with van der Waals surface area (Å²) in [7, 11) is 0. The van der Waals surface area contributed by atoms with Crippen molar-refractivity contribution in [1.82, 2.24) is 0 Å². The van der Waals surface area contributed by atoms with Crippen LogP contribution < -0.4 is 0 Å². The Morgan fingerprint density at radius 2 is 1.76 bits per heavy atom. The molecule has 0 aromatic rings. The molecule has 4 aliphatic rings. The summed E-state index contributed by atoms with van der Waals surface area (Å²) >= 11 is 0.